The van der Waals surface area contributed by atoms with Gasteiger partial charge in [-0.1, -0.05) is 12.1 Å². The zero-order chi connectivity index (χ0) is 7.68. The van der Waals surface area contributed by atoms with Crippen LogP contribution in [-0.2, 0) is 0 Å². The minimum Gasteiger partial charge on any atom is -0.332 e. The molecule has 2 rings (SSSR count). The Morgan fingerprint density at radius 3 is 2.91 bits per heavy atom. The number of thiol groups is 1. The molecule has 0 bridgehead atoms. The first-order chi connectivity index (χ1) is 5.40. The number of nitrogens with one attached hydrogen (secondary N) is 1. The minimum absolute atomic E-state index is 0.842. The number of hydrogen-bond donors (Lipinski definition) is 2. The fourth-order valence-electron chi connectivity index (χ4n) is 0.973. The molecule has 1 heterocycles. The average Bonchev–Trinajstić information content (AvgIpc) is 2.46. The molecule has 0 radical (unpaired) electrons. The summed E-state index contributed by atoms with van der Waals surface area (Å²) in [6.07, 6.45) is 0. The van der Waals surface area contributed by atoms with Gasteiger partial charge in [-0.05, 0) is 22.9 Å². The number of benzene rings is 1. The highest BCUT2D eigenvalue weighted by molar-refractivity contribution is 8.68. The number of imidazole rings is 1. The normalized spacial score (nSPS) is 10.6. The summed E-state index contributed by atoms with van der Waals surface area (Å²) >= 11 is 4.04. The first kappa shape index (κ1) is 7.06. The molecule has 0 aliphatic rings. The van der Waals surface area contributed by atoms with Gasteiger partial charge in [0.05, 0.1) is 11.0 Å². The van der Waals surface area contributed by atoms with E-state index in [2.05, 4.69) is 21.6 Å². The Bertz CT molecular complexity index is 336. The molecule has 11 heavy (non-hydrogen) atoms. The van der Waals surface area contributed by atoms with Gasteiger partial charge in [-0.25, -0.2) is 4.98 Å². The molecule has 0 atom stereocenters. The number of H-pyrrole nitrogens is 1. The fourth-order valence-corrected chi connectivity index (χ4v) is 1.53. The van der Waals surface area contributed by atoms with Crippen molar-refractivity contribution in [3.05, 3.63) is 24.3 Å². The van der Waals surface area contributed by atoms with E-state index in [0.717, 1.165) is 16.2 Å². The van der Waals surface area contributed by atoms with E-state index in [9.17, 15) is 0 Å². The van der Waals surface area contributed by atoms with E-state index in [1.165, 1.54) is 10.8 Å². The third-order valence-electron chi connectivity index (χ3n) is 1.45. The molecule has 1 aromatic carbocycles. The summed E-state index contributed by atoms with van der Waals surface area (Å²) in [5.74, 6) is 0. The first-order valence-electron chi connectivity index (χ1n) is 3.16. The summed E-state index contributed by atoms with van der Waals surface area (Å²) in [4.78, 5) is 7.38. The van der Waals surface area contributed by atoms with Crippen LogP contribution in [0.5, 0.6) is 0 Å². The Kier molecular flexibility index (Phi) is 1.79. The number of nitrogens with zero attached hydrogens (tertiary/aromatic N) is 1. The van der Waals surface area contributed by atoms with Crippen molar-refractivity contribution in [3.8, 4) is 0 Å². The van der Waals surface area contributed by atoms with Crippen LogP contribution in [-0.4, -0.2) is 9.97 Å². The Hall–Kier alpha value is -0.610. The zero-order valence-electron chi connectivity index (χ0n) is 5.61. The number of para-hydroxylation sites is 2. The summed E-state index contributed by atoms with van der Waals surface area (Å²) in [7, 11) is 1.32. The highest BCUT2D eigenvalue weighted by Crippen LogP contribution is 2.20. The second-order valence-electron chi connectivity index (χ2n) is 2.15. The summed E-state index contributed by atoms with van der Waals surface area (Å²) in [6.45, 7) is 0. The standard InChI is InChI=1S/C7H6N2S2/c10-11-7-8-5-3-1-2-4-6(5)9-7/h1-4,10H,(H,8,9). The second-order valence-corrected chi connectivity index (χ2v) is 3.27. The van der Waals surface area contributed by atoms with E-state index in [1.54, 1.807) is 0 Å². The maximum absolute atomic E-state index is 4.26. The molecule has 4 heteroatoms. The maximum atomic E-state index is 4.26. The molecule has 2 aromatic rings. The van der Waals surface area contributed by atoms with Crippen LogP contribution < -0.4 is 0 Å². The van der Waals surface area contributed by atoms with E-state index in [4.69, 9.17) is 0 Å². The Balaban J connectivity index is 2.69. The summed E-state index contributed by atoms with van der Waals surface area (Å²) < 4.78 is 0. The molecule has 0 spiro atoms. The molecule has 1 aromatic heterocycles. The van der Waals surface area contributed by atoms with Gasteiger partial charge >= 0.3 is 0 Å². The molecule has 0 amide bonds. The summed E-state index contributed by atoms with van der Waals surface area (Å²) in [5.41, 5.74) is 2.05. The van der Waals surface area contributed by atoms with Crippen LogP contribution >= 0.6 is 22.5 Å². The number of hydrogen-bond acceptors (Lipinski definition) is 3. The quantitative estimate of drug-likeness (QED) is 0.524. The van der Waals surface area contributed by atoms with E-state index < -0.39 is 0 Å². The molecule has 0 aliphatic carbocycles. The van der Waals surface area contributed by atoms with Crippen LogP contribution in [0.4, 0.5) is 0 Å². The lowest BCUT2D eigenvalue weighted by Crippen LogP contribution is -1.64. The number of fused-ring (bicyclic) bond motifs is 1. The van der Waals surface area contributed by atoms with Crippen LogP contribution in [0.1, 0.15) is 0 Å². The fraction of sp³-hybridized carbons (Fsp3) is 0. The van der Waals surface area contributed by atoms with Gasteiger partial charge in [0.25, 0.3) is 0 Å². The largest absolute Gasteiger partial charge is 0.332 e. The van der Waals surface area contributed by atoms with Gasteiger partial charge in [0.1, 0.15) is 0 Å². The lowest BCUT2D eigenvalue weighted by Gasteiger charge is -1.81. The van der Waals surface area contributed by atoms with Crippen LogP contribution in [0.3, 0.4) is 0 Å². The SMILES string of the molecule is SSc1nc2ccccc2[nH]1. The van der Waals surface area contributed by atoms with Crippen molar-refractivity contribution in [3.63, 3.8) is 0 Å². The number of rotatable bonds is 1. The summed E-state index contributed by atoms with van der Waals surface area (Å²) in [5, 5.41) is 0.842. The molecule has 2 nitrogen and oxygen atoms in total. The van der Waals surface area contributed by atoms with E-state index in [1.807, 2.05) is 24.3 Å². The molecular formula is C7H6N2S2. The van der Waals surface area contributed by atoms with Gasteiger partial charge in [0.2, 0.25) is 0 Å². The van der Waals surface area contributed by atoms with Gasteiger partial charge in [0.15, 0.2) is 5.16 Å². The van der Waals surface area contributed by atoms with E-state index in [-0.39, 0.29) is 0 Å². The predicted octanol–water partition coefficient (Wildman–Crippen LogP) is 2.50. The third-order valence-corrected chi connectivity index (χ3v) is 2.34. The maximum Gasteiger partial charge on any atom is 0.176 e. The molecule has 0 unspecified atom stereocenters. The predicted molar refractivity (Wildman–Crippen MR) is 50.9 cm³/mol. The highest BCUT2D eigenvalue weighted by atomic mass is 33.1. The smallest absolute Gasteiger partial charge is 0.176 e. The monoisotopic (exact) mass is 182 g/mol. The van der Waals surface area contributed by atoms with E-state index in [0.29, 0.717) is 0 Å². The third kappa shape index (κ3) is 1.23. The number of aromatic amines is 1. The number of aromatic nitrogens is 2. The Morgan fingerprint density at radius 1 is 1.36 bits per heavy atom. The van der Waals surface area contributed by atoms with Crippen LogP contribution in [0.25, 0.3) is 11.0 Å². The van der Waals surface area contributed by atoms with Gasteiger partial charge < -0.3 is 4.98 Å². The first-order valence-corrected chi connectivity index (χ1v) is 5.03. The minimum atomic E-state index is 0.842. The topological polar surface area (TPSA) is 28.7 Å². The van der Waals surface area contributed by atoms with Gasteiger partial charge in [0, 0.05) is 0 Å². The average molecular weight is 182 g/mol. The molecule has 56 valence electrons. The Morgan fingerprint density at radius 2 is 2.18 bits per heavy atom. The van der Waals surface area contributed by atoms with E-state index >= 15 is 0 Å². The van der Waals surface area contributed by atoms with Gasteiger partial charge in [-0.3, -0.25) is 0 Å². The van der Waals surface area contributed by atoms with Crippen molar-refractivity contribution >= 4 is 33.5 Å². The van der Waals surface area contributed by atoms with Crippen LogP contribution in [0.15, 0.2) is 29.4 Å². The van der Waals surface area contributed by atoms with Crippen LogP contribution in [0.2, 0.25) is 0 Å². The second kappa shape index (κ2) is 2.79. The molecule has 0 saturated carbocycles. The van der Waals surface area contributed by atoms with Crippen molar-refractivity contribution < 1.29 is 0 Å². The van der Waals surface area contributed by atoms with Crippen LogP contribution in [0, 0.1) is 0 Å². The van der Waals surface area contributed by atoms with Crippen molar-refractivity contribution in [1.82, 2.24) is 9.97 Å². The molecule has 0 fully saturated rings. The molecule has 0 saturated heterocycles. The lowest BCUT2D eigenvalue weighted by atomic mass is 10.3. The lowest BCUT2D eigenvalue weighted by molar-refractivity contribution is 1.09. The van der Waals surface area contributed by atoms with Crippen molar-refractivity contribution in [1.29, 1.82) is 0 Å². The zero-order valence-corrected chi connectivity index (χ0v) is 7.32. The van der Waals surface area contributed by atoms with Crippen molar-refractivity contribution in [2.45, 2.75) is 5.16 Å². The molecule has 0 aliphatic heterocycles. The highest BCUT2D eigenvalue weighted by Gasteiger charge is 1.98. The molecule has 1 N–H and O–H groups in total. The Labute approximate surface area is 73.2 Å². The van der Waals surface area contributed by atoms with Crippen molar-refractivity contribution in [2.75, 3.05) is 0 Å². The van der Waals surface area contributed by atoms with Crippen molar-refractivity contribution in [2.24, 2.45) is 0 Å². The van der Waals surface area contributed by atoms with Gasteiger partial charge in [-0.15, -0.1) is 11.7 Å². The summed E-state index contributed by atoms with van der Waals surface area (Å²) in [6, 6.07) is 7.92. The van der Waals surface area contributed by atoms with Gasteiger partial charge in [-0.2, -0.15) is 0 Å². The molecular weight excluding hydrogens is 176 g/mol.